The fraction of sp³-hybridized carbons (Fsp3) is 0.286. The molecule has 1 atom stereocenters. The maximum Gasteiger partial charge on any atom is 0.161 e. The summed E-state index contributed by atoms with van der Waals surface area (Å²) in [6.07, 6.45) is 1.74. The van der Waals surface area contributed by atoms with Crippen molar-refractivity contribution in [1.29, 1.82) is 10.5 Å². The van der Waals surface area contributed by atoms with Crippen LogP contribution in [-0.2, 0) is 0 Å². The minimum Gasteiger partial charge on any atom is -0.380 e. The first-order chi connectivity index (χ1) is 13.0. The minimum absolute atomic E-state index is 0.0147. The summed E-state index contributed by atoms with van der Waals surface area (Å²) in [4.78, 5) is 13.8. The van der Waals surface area contributed by atoms with Crippen LogP contribution < -0.4 is 10.2 Å². The molecule has 1 saturated heterocycles. The second-order valence-corrected chi connectivity index (χ2v) is 6.64. The molecule has 0 spiro atoms. The van der Waals surface area contributed by atoms with Crippen molar-refractivity contribution in [3.05, 3.63) is 58.9 Å². The molecule has 2 aromatic rings. The van der Waals surface area contributed by atoms with Gasteiger partial charge >= 0.3 is 0 Å². The third kappa shape index (κ3) is 4.07. The summed E-state index contributed by atoms with van der Waals surface area (Å²) in [6, 6.07) is 13.5. The highest BCUT2D eigenvalue weighted by Crippen LogP contribution is 2.27. The maximum absolute atomic E-state index is 14.4. The van der Waals surface area contributed by atoms with E-state index < -0.39 is 5.82 Å². The van der Waals surface area contributed by atoms with E-state index in [2.05, 4.69) is 11.4 Å². The summed E-state index contributed by atoms with van der Waals surface area (Å²) in [5.74, 6) is -0.488. The molecule has 1 heterocycles. The molecular formula is C21H19FN4O. The van der Waals surface area contributed by atoms with Gasteiger partial charge in [0, 0.05) is 30.4 Å². The van der Waals surface area contributed by atoms with Crippen LogP contribution in [0.2, 0.25) is 0 Å². The zero-order chi connectivity index (χ0) is 19.4. The molecule has 0 bridgehead atoms. The Bertz CT molecular complexity index is 958. The Morgan fingerprint density at radius 2 is 1.89 bits per heavy atom. The van der Waals surface area contributed by atoms with E-state index >= 15 is 0 Å². The number of benzene rings is 2. The average molecular weight is 362 g/mol. The van der Waals surface area contributed by atoms with E-state index in [9.17, 15) is 9.18 Å². The number of nitrogens with zero attached hydrogens (tertiary/aromatic N) is 3. The van der Waals surface area contributed by atoms with Crippen LogP contribution in [0.3, 0.4) is 0 Å². The second kappa shape index (κ2) is 7.88. The van der Waals surface area contributed by atoms with E-state index in [4.69, 9.17) is 10.5 Å². The van der Waals surface area contributed by atoms with Gasteiger partial charge in [0.1, 0.15) is 5.82 Å². The standard InChI is InChI=1S/C21H19FN4O/c1-14(27)18-6-4-16(12-24)10-20(18)25-17-3-2-8-26(13-17)21-7-5-15(11-23)9-19(21)22/h4-7,9-10,17,25H,2-3,8,13H2,1H3. The van der Waals surface area contributed by atoms with Gasteiger partial charge in [-0.2, -0.15) is 10.5 Å². The van der Waals surface area contributed by atoms with Crippen LogP contribution in [0.1, 0.15) is 41.3 Å². The van der Waals surface area contributed by atoms with Crippen molar-refractivity contribution in [1.82, 2.24) is 0 Å². The number of nitriles is 2. The SMILES string of the molecule is CC(=O)c1ccc(C#N)cc1NC1CCCN(c2ccc(C#N)cc2F)C1. The highest BCUT2D eigenvalue weighted by atomic mass is 19.1. The van der Waals surface area contributed by atoms with Gasteiger partial charge < -0.3 is 10.2 Å². The van der Waals surface area contributed by atoms with Gasteiger partial charge in [-0.3, -0.25) is 4.79 Å². The third-order valence-electron chi connectivity index (χ3n) is 4.73. The van der Waals surface area contributed by atoms with Crippen LogP contribution >= 0.6 is 0 Å². The van der Waals surface area contributed by atoms with Gasteiger partial charge in [-0.05, 0) is 56.2 Å². The van der Waals surface area contributed by atoms with Crippen molar-refractivity contribution in [2.45, 2.75) is 25.8 Å². The second-order valence-electron chi connectivity index (χ2n) is 6.64. The minimum atomic E-state index is -0.411. The summed E-state index contributed by atoms with van der Waals surface area (Å²) < 4.78 is 14.4. The Kier molecular flexibility index (Phi) is 5.38. The van der Waals surface area contributed by atoms with E-state index in [-0.39, 0.29) is 11.8 Å². The molecule has 136 valence electrons. The Labute approximate surface area is 157 Å². The Morgan fingerprint density at radius 1 is 1.19 bits per heavy atom. The molecule has 1 unspecified atom stereocenters. The van der Waals surface area contributed by atoms with Gasteiger partial charge in [0.25, 0.3) is 0 Å². The van der Waals surface area contributed by atoms with Gasteiger partial charge in [0.2, 0.25) is 0 Å². The molecule has 0 radical (unpaired) electrons. The summed E-state index contributed by atoms with van der Waals surface area (Å²) >= 11 is 0. The van der Waals surface area contributed by atoms with Crippen LogP contribution in [0.25, 0.3) is 0 Å². The molecule has 3 rings (SSSR count). The lowest BCUT2D eigenvalue weighted by molar-refractivity contribution is 0.101. The Morgan fingerprint density at radius 3 is 2.56 bits per heavy atom. The first-order valence-corrected chi connectivity index (χ1v) is 8.78. The number of anilines is 2. The van der Waals surface area contributed by atoms with Crippen molar-refractivity contribution >= 4 is 17.2 Å². The first-order valence-electron chi connectivity index (χ1n) is 8.78. The number of hydrogen-bond donors (Lipinski definition) is 1. The van der Waals surface area contributed by atoms with Crippen molar-refractivity contribution < 1.29 is 9.18 Å². The quantitative estimate of drug-likeness (QED) is 0.836. The largest absolute Gasteiger partial charge is 0.380 e. The third-order valence-corrected chi connectivity index (χ3v) is 4.73. The predicted molar refractivity (Wildman–Crippen MR) is 101 cm³/mol. The number of Topliss-reactive ketones (excluding diaryl/α,β-unsaturated/α-hetero) is 1. The first kappa shape index (κ1) is 18.4. The molecule has 0 aromatic heterocycles. The fourth-order valence-corrected chi connectivity index (χ4v) is 3.41. The lowest BCUT2D eigenvalue weighted by Crippen LogP contribution is -2.42. The summed E-state index contributed by atoms with van der Waals surface area (Å²) in [5, 5.41) is 21.4. The highest BCUT2D eigenvalue weighted by molar-refractivity contribution is 5.99. The molecule has 1 aliphatic heterocycles. The van der Waals surface area contributed by atoms with Crippen LogP contribution in [0.5, 0.6) is 0 Å². The normalized spacial score (nSPS) is 16.3. The lowest BCUT2D eigenvalue weighted by Gasteiger charge is -2.35. The van der Waals surface area contributed by atoms with Crippen LogP contribution in [-0.4, -0.2) is 24.9 Å². The number of rotatable bonds is 4. The molecule has 6 heteroatoms. The molecule has 1 aliphatic rings. The molecule has 0 saturated carbocycles. The lowest BCUT2D eigenvalue weighted by atomic mass is 10.0. The number of halogens is 1. The van der Waals surface area contributed by atoms with E-state index in [1.54, 1.807) is 30.3 Å². The van der Waals surface area contributed by atoms with E-state index in [0.29, 0.717) is 34.6 Å². The zero-order valence-electron chi connectivity index (χ0n) is 15.0. The number of nitrogens with one attached hydrogen (secondary N) is 1. The molecule has 2 aromatic carbocycles. The van der Waals surface area contributed by atoms with Gasteiger partial charge in [-0.25, -0.2) is 4.39 Å². The summed E-state index contributed by atoms with van der Waals surface area (Å²) in [6.45, 7) is 2.78. The van der Waals surface area contributed by atoms with Gasteiger partial charge in [-0.15, -0.1) is 0 Å². The van der Waals surface area contributed by atoms with Gasteiger partial charge in [0.05, 0.1) is 29.0 Å². The van der Waals surface area contributed by atoms with E-state index in [1.807, 2.05) is 11.0 Å². The Hall–Kier alpha value is -3.38. The van der Waals surface area contributed by atoms with E-state index in [0.717, 1.165) is 19.4 Å². The number of carbonyl (C=O) groups excluding carboxylic acids is 1. The van der Waals surface area contributed by atoms with Crippen molar-refractivity contribution in [2.75, 3.05) is 23.3 Å². The number of hydrogen-bond acceptors (Lipinski definition) is 5. The van der Waals surface area contributed by atoms with Crippen molar-refractivity contribution in [2.24, 2.45) is 0 Å². The molecule has 0 aliphatic carbocycles. The summed E-state index contributed by atoms with van der Waals surface area (Å²) in [5.41, 5.74) is 2.41. The molecular weight excluding hydrogens is 343 g/mol. The number of ketones is 1. The topological polar surface area (TPSA) is 79.9 Å². The van der Waals surface area contributed by atoms with Crippen LogP contribution in [0.4, 0.5) is 15.8 Å². The van der Waals surface area contributed by atoms with E-state index in [1.165, 1.54) is 13.0 Å². The molecule has 1 N–H and O–H groups in total. The Balaban J connectivity index is 1.81. The van der Waals surface area contributed by atoms with Gasteiger partial charge in [0.15, 0.2) is 5.78 Å². The average Bonchev–Trinajstić information content (AvgIpc) is 2.67. The predicted octanol–water partition coefficient (Wildman–Crippen LogP) is 3.85. The van der Waals surface area contributed by atoms with Crippen LogP contribution in [0.15, 0.2) is 36.4 Å². The number of carbonyl (C=O) groups is 1. The maximum atomic E-state index is 14.4. The van der Waals surface area contributed by atoms with Gasteiger partial charge in [-0.1, -0.05) is 0 Å². The number of piperidine rings is 1. The van der Waals surface area contributed by atoms with Crippen molar-refractivity contribution in [3.63, 3.8) is 0 Å². The smallest absolute Gasteiger partial charge is 0.161 e. The highest BCUT2D eigenvalue weighted by Gasteiger charge is 2.23. The van der Waals surface area contributed by atoms with Crippen LogP contribution in [0, 0.1) is 28.5 Å². The molecule has 0 amide bonds. The monoisotopic (exact) mass is 362 g/mol. The molecule has 27 heavy (non-hydrogen) atoms. The van der Waals surface area contributed by atoms with Crippen molar-refractivity contribution in [3.8, 4) is 12.1 Å². The summed E-state index contributed by atoms with van der Waals surface area (Å²) in [7, 11) is 0. The molecule has 5 nitrogen and oxygen atoms in total. The zero-order valence-corrected chi connectivity index (χ0v) is 15.0. The molecule has 1 fully saturated rings. The fourth-order valence-electron chi connectivity index (χ4n) is 3.41.